The molecule has 0 bridgehead atoms. The number of pyridine rings is 1. The van der Waals surface area contributed by atoms with Crippen LogP contribution in [0.5, 0.6) is 5.75 Å². The van der Waals surface area contributed by atoms with Gasteiger partial charge in [-0.05, 0) is 37.5 Å². The summed E-state index contributed by atoms with van der Waals surface area (Å²) >= 11 is 5.89. The smallest absolute Gasteiger partial charge is 0.161 e. The Balaban J connectivity index is 1.69. The van der Waals surface area contributed by atoms with Gasteiger partial charge in [-0.3, -0.25) is 0 Å². The first kappa shape index (κ1) is 14.7. The number of hydrogen-bond acceptors (Lipinski definition) is 4. The standard InChI is InChI=1S/C17H16ClN3O/c18-14-8-9-17(21-15(14)10-19)20-11-12-4-1-2-7-16(12)22-13-5-3-6-13/h1-2,4,7-9,13H,3,5-6,11H2,(H,20,21). The van der Waals surface area contributed by atoms with Crippen molar-refractivity contribution in [3.05, 3.63) is 52.7 Å². The molecule has 112 valence electrons. The van der Waals surface area contributed by atoms with Crippen LogP contribution in [0.25, 0.3) is 0 Å². The topological polar surface area (TPSA) is 57.9 Å². The van der Waals surface area contributed by atoms with E-state index < -0.39 is 0 Å². The maximum absolute atomic E-state index is 8.96. The zero-order valence-corrected chi connectivity index (χ0v) is 12.8. The summed E-state index contributed by atoms with van der Waals surface area (Å²) in [7, 11) is 0. The SMILES string of the molecule is N#Cc1nc(NCc2ccccc2OC2CCC2)ccc1Cl. The quantitative estimate of drug-likeness (QED) is 0.901. The maximum Gasteiger partial charge on any atom is 0.161 e. The molecule has 22 heavy (non-hydrogen) atoms. The number of anilines is 1. The minimum Gasteiger partial charge on any atom is -0.490 e. The van der Waals surface area contributed by atoms with E-state index >= 15 is 0 Å². The summed E-state index contributed by atoms with van der Waals surface area (Å²) in [5.41, 5.74) is 1.30. The lowest BCUT2D eigenvalue weighted by Crippen LogP contribution is -2.25. The van der Waals surface area contributed by atoms with Crippen LogP contribution >= 0.6 is 11.6 Å². The lowest BCUT2D eigenvalue weighted by molar-refractivity contribution is 0.119. The average molecular weight is 314 g/mol. The Bertz CT molecular complexity index is 707. The van der Waals surface area contributed by atoms with Gasteiger partial charge in [0, 0.05) is 12.1 Å². The Labute approximate surface area is 134 Å². The van der Waals surface area contributed by atoms with Crippen LogP contribution < -0.4 is 10.1 Å². The second-order valence-electron chi connectivity index (χ2n) is 5.27. The summed E-state index contributed by atoms with van der Waals surface area (Å²) in [6.45, 7) is 0.586. The number of nitrogens with zero attached hydrogens (tertiary/aromatic N) is 2. The number of para-hydroxylation sites is 1. The molecule has 0 atom stereocenters. The number of rotatable bonds is 5. The third-order valence-corrected chi connectivity index (χ3v) is 4.04. The van der Waals surface area contributed by atoms with E-state index in [1.54, 1.807) is 12.1 Å². The molecule has 1 fully saturated rings. The van der Waals surface area contributed by atoms with E-state index in [1.807, 2.05) is 30.3 Å². The van der Waals surface area contributed by atoms with E-state index in [4.69, 9.17) is 21.6 Å². The molecule has 1 aromatic heterocycles. The maximum atomic E-state index is 8.96. The van der Waals surface area contributed by atoms with Crippen molar-refractivity contribution in [3.8, 4) is 11.8 Å². The van der Waals surface area contributed by atoms with Gasteiger partial charge in [0.05, 0.1) is 11.1 Å². The van der Waals surface area contributed by atoms with Gasteiger partial charge in [0.15, 0.2) is 5.69 Å². The fraction of sp³-hybridized carbons (Fsp3) is 0.294. The minimum atomic E-state index is 0.227. The summed E-state index contributed by atoms with van der Waals surface area (Å²) < 4.78 is 6.00. The van der Waals surface area contributed by atoms with Crippen molar-refractivity contribution >= 4 is 17.4 Å². The van der Waals surface area contributed by atoms with Crippen molar-refractivity contribution in [2.24, 2.45) is 0 Å². The van der Waals surface area contributed by atoms with Gasteiger partial charge in [0.2, 0.25) is 0 Å². The molecular formula is C17H16ClN3O. The molecule has 0 spiro atoms. The number of nitriles is 1. The van der Waals surface area contributed by atoms with Crippen LogP contribution in [0.2, 0.25) is 5.02 Å². The molecule has 0 amide bonds. The van der Waals surface area contributed by atoms with Crippen LogP contribution in [0.4, 0.5) is 5.82 Å². The molecule has 1 aromatic carbocycles. The molecule has 4 nitrogen and oxygen atoms in total. The Kier molecular flexibility index (Phi) is 4.45. The summed E-state index contributed by atoms with van der Waals surface area (Å²) in [5, 5.41) is 12.5. The number of aromatic nitrogens is 1. The third kappa shape index (κ3) is 3.32. The molecule has 1 N–H and O–H groups in total. The van der Waals surface area contributed by atoms with Gasteiger partial charge in [0.25, 0.3) is 0 Å². The van der Waals surface area contributed by atoms with Crippen LogP contribution in [0.15, 0.2) is 36.4 Å². The fourth-order valence-corrected chi connectivity index (χ4v) is 2.39. The molecule has 5 heteroatoms. The predicted molar refractivity (Wildman–Crippen MR) is 86.0 cm³/mol. The summed E-state index contributed by atoms with van der Waals surface area (Å²) in [6, 6.07) is 13.4. The van der Waals surface area contributed by atoms with Crippen LogP contribution in [0, 0.1) is 11.3 Å². The molecule has 1 saturated carbocycles. The van der Waals surface area contributed by atoms with Gasteiger partial charge in [-0.2, -0.15) is 5.26 Å². The highest BCUT2D eigenvalue weighted by Gasteiger charge is 2.20. The first-order chi connectivity index (χ1) is 10.8. The van der Waals surface area contributed by atoms with Crippen LogP contribution in [0.3, 0.4) is 0 Å². The Morgan fingerprint density at radius 1 is 1.27 bits per heavy atom. The zero-order chi connectivity index (χ0) is 15.4. The number of ether oxygens (including phenoxy) is 1. The van der Waals surface area contributed by atoms with Gasteiger partial charge in [0.1, 0.15) is 17.6 Å². The van der Waals surface area contributed by atoms with Gasteiger partial charge in [-0.25, -0.2) is 4.98 Å². The van der Waals surface area contributed by atoms with E-state index in [1.165, 1.54) is 6.42 Å². The molecule has 0 unspecified atom stereocenters. The highest BCUT2D eigenvalue weighted by Crippen LogP contribution is 2.28. The molecule has 1 aliphatic rings. The van der Waals surface area contributed by atoms with E-state index in [2.05, 4.69) is 10.3 Å². The zero-order valence-electron chi connectivity index (χ0n) is 12.1. The lowest BCUT2D eigenvalue weighted by atomic mass is 9.96. The van der Waals surface area contributed by atoms with Gasteiger partial charge in [-0.15, -0.1) is 0 Å². The van der Waals surface area contributed by atoms with Crippen molar-refractivity contribution in [3.63, 3.8) is 0 Å². The third-order valence-electron chi connectivity index (χ3n) is 3.73. The molecule has 1 heterocycles. The summed E-state index contributed by atoms with van der Waals surface area (Å²) in [6.07, 6.45) is 3.86. The molecule has 2 aromatic rings. The second-order valence-corrected chi connectivity index (χ2v) is 5.68. The Hall–Kier alpha value is -2.25. The minimum absolute atomic E-state index is 0.227. The molecule has 3 rings (SSSR count). The van der Waals surface area contributed by atoms with Crippen molar-refractivity contribution in [2.45, 2.75) is 31.9 Å². The molecule has 1 aliphatic carbocycles. The summed E-state index contributed by atoms with van der Waals surface area (Å²) in [4.78, 5) is 4.18. The van der Waals surface area contributed by atoms with Crippen molar-refractivity contribution in [1.29, 1.82) is 5.26 Å². The summed E-state index contributed by atoms with van der Waals surface area (Å²) in [5.74, 6) is 1.54. The first-order valence-electron chi connectivity index (χ1n) is 7.31. The molecule has 0 saturated heterocycles. The van der Waals surface area contributed by atoms with Crippen LogP contribution in [0.1, 0.15) is 30.5 Å². The molecule has 0 aliphatic heterocycles. The lowest BCUT2D eigenvalue weighted by Gasteiger charge is -2.27. The van der Waals surface area contributed by atoms with Crippen molar-refractivity contribution in [1.82, 2.24) is 4.98 Å². The van der Waals surface area contributed by atoms with Gasteiger partial charge < -0.3 is 10.1 Å². The molecule has 0 radical (unpaired) electrons. The van der Waals surface area contributed by atoms with Crippen LogP contribution in [-0.2, 0) is 6.54 Å². The van der Waals surface area contributed by atoms with E-state index in [-0.39, 0.29) is 5.69 Å². The first-order valence-corrected chi connectivity index (χ1v) is 7.69. The average Bonchev–Trinajstić information content (AvgIpc) is 2.51. The Morgan fingerprint density at radius 2 is 2.09 bits per heavy atom. The predicted octanol–water partition coefficient (Wildman–Crippen LogP) is 4.15. The van der Waals surface area contributed by atoms with Crippen LogP contribution in [-0.4, -0.2) is 11.1 Å². The van der Waals surface area contributed by atoms with E-state index in [0.29, 0.717) is 23.5 Å². The number of benzene rings is 1. The van der Waals surface area contributed by atoms with Gasteiger partial charge >= 0.3 is 0 Å². The van der Waals surface area contributed by atoms with Crippen molar-refractivity contribution in [2.75, 3.05) is 5.32 Å². The molecular weight excluding hydrogens is 298 g/mol. The normalized spacial score (nSPS) is 14.0. The number of hydrogen-bond donors (Lipinski definition) is 1. The van der Waals surface area contributed by atoms with Gasteiger partial charge in [-0.1, -0.05) is 29.8 Å². The van der Waals surface area contributed by atoms with E-state index in [0.717, 1.165) is 24.2 Å². The largest absolute Gasteiger partial charge is 0.490 e. The number of halogens is 1. The monoisotopic (exact) mass is 313 g/mol. The highest BCUT2D eigenvalue weighted by atomic mass is 35.5. The van der Waals surface area contributed by atoms with Crippen molar-refractivity contribution < 1.29 is 4.74 Å². The fourth-order valence-electron chi connectivity index (χ4n) is 2.24. The second kappa shape index (κ2) is 6.67. The Morgan fingerprint density at radius 3 is 2.82 bits per heavy atom. The van der Waals surface area contributed by atoms with E-state index in [9.17, 15) is 0 Å². The highest BCUT2D eigenvalue weighted by molar-refractivity contribution is 6.31. The number of nitrogens with one attached hydrogen (secondary N) is 1.